The molecule has 0 aromatic rings. The number of carbonyl (C=O) groups is 1. The van der Waals surface area contributed by atoms with Crippen LogP contribution in [-0.4, -0.2) is 65.8 Å². The van der Waals surface area contributed by atoms with Gasteiger partial charge in [-0.15, -0.1) is 4.91 Å². The third-order valence-corrected chi connectivity index (χ3v) is 3.78. The fraction of sp³-hybridized carbons (Fsp3) is 0.889. The molecule has 5 N–H and O–H groups in total. The molecular formula is C9H20N2O11P2. The number of aliphatic hydroxyl groups is 2. The molecule has 24 heavy (non-hydrogen) atoms. The largest absolute Gasteiger partial charge is 0.489 e. The van der Waals surface area contributed by atoms with Crippen LogP contribution in [-0.2, 0) is 32.2 Å². The number of rotatable bonds is 13. The Labute approximate surface area is 137 Å². The van der Waals surface area contributed by atoms with Crippen LogP contribution in [0.4, 0.5) is 0 Å². The quantitative estimate of drug-likeness (QED) is 0.167. The summed E-state index contributed by atoms with van der Waals surface area (Å²) in [6, 6.07) is -1.02. The van der Waals surface area contributed by atoms with E-state index in [1.54, 1.807) is 0 Å². The van der Waals surface area contributed by atoms with Gasteiger partial charge in [0.2, 0.25) is 0 Å². The molecule has 0 heterocycles. The second-order valence-corrected chi connectivity index (χ2v) is 6.84. The predicted molar refractivity (Wildman–Crippen MR) is 79.1 cm³/mol. The first-order valence-electron chi connectivity index (χ1n) is 6.48. The van der Waals surface area contributed by atoms with Crippen LogP contribution in [0.2, 0.25) is 0 Å². The molecule has 4 unspecified atom stereocenters. The van der Waals surface area contributed by atoms with Gasteiger partial charge in [-0.1, -0.05) is 0 Å². The van der Waals surface area contributed by atoms with Crippen LogP contribution in [0.5, 0.6) is 0 Å². The SMILES string of the molecule is C[C@@H](N)C(=O)OC(CO[PH](=O)O)COP(=O)(N=O)OCC(O)CO. The number of esters is 1. The monoisotopic (exact) mass is 394 g/mol. The van der Waals surface area contributed by atoms with Gasteiger partial charge >= 0.3 is 22.0 Å². The molecule has 0 aliphatic heterocycles. The standard InChI is InChI=1S/C9H20N2O11P2/c1-6(10)9(14)22-8(4-19-23(16)17)5-21-24(18,11-15)20-3-7(13)2-12/h6-8,12-13,23H,2-5,10H2,1H3,(H,16,17)/t6-,7?,8?,24?/m1/s1. The number of ether oxygens (including phenoxy) is 1. The van der Waals surface area contributed by atoms with E-state index in [1.165, 1.54) is 6.92 Å². The van der Waals surface area contributed by atoms with Gasteiger partial charge in [-0.25, -0.2) is 4.57 Å². The molecule has 0 radical (unpaired) electrons. The first-order valence-corrected chi connectivity index (χ1v) is 9.24. The van der Waals surface area contributed by atoms with Gasteiger partial charge < -0.3 is 30.1 Å². The molecule has 5 atom stereocenters. The van der Waals surface area contributed by atoms with E-state index in [0.29, 0.717) is 0 Å². The number of nitroso groups, excluding NO2 is 1. The molecule has 142 valence electrons. The summed E-state index contributed by atoms with van der Waals surface area (Å²) in [6.07, 6.45) is -2.75. The summed E-state index contributed by atoms with van der Waals surface area (Å²) in [6.45, 7) is -1.44. The average molecular weight is 394 g/mol. The van der Waals surface area contributed by atoms with Crippen molar-refractivity contribution in [1.82, 2.24) is 0 Å². The lowest BCUT2D eigenvalue weighted by Gasteiger charge is -2.20. The minimum Gasteiger partial charge on any atom is -0.456 e. The zero-order valence-corrected chi connectivity index (χ0v) is 14.5. The van der Waals surface area contributed by atoms with E-state index >= 15 is 0 Å². The lowest BCUT2D eigenvalue weighted by atomic mass is 10.3. The molecule has 0 saturated carbocycles. The zero-order valence-electron chi connectivity index (χ0n) is 12.6. The Bertz CT molecular complexity index is 474. The lowest BCUT2D eigenvalue weighted by molar-refractivity contribution is -0.153. The maximum atomic E-state index is 11.8. The second kappa shape index (κ2) is 11.7. The molecule has 0 aromatic heterocycles. The van der Waals surface area contributed by atoms with E-state index in [2.05, 4.69) is 18.5 Å². The molecule has 0 aliphatic carbocycles. The van der Waals surface area contributed by atoms with Gasteiger partial charge in [0.25, 0.3) is 0 Å². The van der Waals surface area contributed by atoms with Crippen molar-refractivity contribution in [2.45, 2.75) is 25.2 Å². The second-order valence-electron chi connectivity index (χ2n) is 4.40. The van der Waals surface area contributed by atoms with Gasteiger partial charge in [0.1, 0.15) is 18.2 Å². The summed E-state index contributed by atoms with van der Waals surface area (Å²) in [5.74, 6) is -0.907. The number of hydrogen-bond donors (Lipinski definition) is 4. The lowest BCUT2D eigenvalue weighted by Crippen LogP contribution is -2.35. The van der Waals surface area contributed by atoms with E-state index in [1.807, 2.05) is 0 Å². The molecular weight excluding hydrogens is 374 g/mol. The summed E-state index contributed by atoms with van der Waals surface area (Å²) in [5, 5.41) is 17.7. The highest BCUT2D eigenvalue weighted by Crippen LogP contribution is 2.49. The van der Waals surface area contributed by atoms with Gasteiger partial charge in [-0.2, -0.15) is 0 Å². The van der Waals surface area contributed by atoms with E-state index in [4.69, 9.17) is 25.6 Å². The molecule has 13 nitrogen and oxygen atoms in total. The van der Waals surface area contributed by atoms with Crippen molar-refractivity contribution < 1.29 is 47.3 Å². The average Bonchev–Trinajstić information content (AvgIpc) is 2.54. The molecule has 0 rings (SSSR count). The number of hydrogen-bond acceptors (Lipinski definition) is 11. The van der Waals surface area contributed by atoms with Crippen molar-refractivity contribution in [2.75, 3.05) is 26.4 Å². The van der Waals surface area contributed by atoms with Crippen molar-refractivity contribution in [1.29, 1.82) is 0 Å². The van der Waals surface area contributed by atoms with E-state index in [0.717, 1.165) is 0 Å². The van der Waals surface area contributed by atoms with Crippen molar-refractivity contribution in [3.8, 4) is 0 Å². The van der Waals surface area contributed by atoms with Gasteiger partial charge in [-0.05, 0) is 6.92 Å². The summed E-state index contributed by atoms with van der Waals surface area (Å²) < 4.78 is 40.7. The number of carbonyl (C=O) groups excluding carboxylic acids is 1. The molecule has 0 aliphatic rings. The van der Waals surface area contributed by atoms with Gasteiger partial charge in [0.05, 0.1) is 26.4 Å². The molecule has 0 fully saturated rings. The Morgan fingerprint density at radius 2 is 1.92 bits per heavy atom. The minimum atomic E-state index is -4.55. The third-order valence-electron chi connectivity index (χ3n) is 2.21. The predicted octanol–water partition coefficient (Wildman–Crippen LogP) is -1.10. The van der Waals surface area contributed by atoms with E-state index in [9.17, 15) is 18.8 Å². The fourth-order valence-corrected chi connectivity index (χ4v) is 2.26. The van der Waals surface area contributed by atoms with Crippen LogP contribution in [0, 0.1) is 4.91 Å². The van der Waals surface area contributed by atoms with E-state index < -0.39 is 66.6 Å². The minimum absolute atomic E-state index is 0.606. The molecule has 0 bridgehead atoms. The number of nitrogens with two attached hydrogens (primary N) is 1. The Balaban J connectivity index is 4.73. The Morgan fingerprint density at radius 1 is 1.33 bits per heavy atom. The Hall–Kier alpha value is -0.750. The van der Waals surface area contributed by atoms with Crippen molar-refractivity contribution in [2.24, 2.45) is 10.7 Å². The summed E-state index contributed by atoms with van der Waals surface area (Å²) in [5.41, 5.74) is 5.28. The van der Waals surface area contributed by atoms with Crippen molar-refractivity contribution in [3.05, 3.63) is 4.91 Å². The highest BCUT2D eigenvalue weighted by Gasteiger charge is 2.30. The topological polar surface area (TPSA) is 204 Å². The van der Waals surface area contributed by atoms with Crippen molar-refractivity contribution >= 4 is 22.0 Å². The highest BCUT2D eigenvalue weighted by atomic mass is 31.2. The summed E-state index contributed by atoms with van der Waals surface area (Å²) in [4.78, 5) is 32.8. The smallest absolute Gasteiger partial charge is 0.456 e. The van der Waals surface area contributed by atoms with Crippen LogP contribution in [0.25, 0.3) is 0 Å². The van der Waals surface area contributed by atoms with Crippen LogP contribution in [0.15, 0.2) is 4.95 Å². The van der Waals surface area contributed by atoms with Gasteiger partial charge in [0.15, 0.2) is 0 Å². The molecule has 0 saturated heterocycles. The Morgan fingerprint density at radius 3 is 2.38 bits per heavy atom. The third kappa shape index (κ3) is 10.2. The first-order chi connectivity index (χ1) is 11.1. The van der Waals surface area contributed by atoms with Gasteiger partial charge in [-0.3, -0.25) is 18.4 Å². The van der Waals surface area contributed by atoms with Crippen LogP contribution >= 0.6 is 16.0 Å². The maximum Gasteiger partial charge on any atom is 0.489 e. The first kappa shape index (κ1) is 23.2. The molecule has 0 aromatic carbocycles. The van der Waals surface area contributed by atoms with Crippen molar-refractivity contribution in [3.63, 3.8) is 0 Å². The fourth-order valence-electron chi connectivity index (χ4n) is 1.05. The normalized spacial score (nSPS) is 18.9. The zero-order chi connectivity index (χ0) is 18.8. The van der Waals surface area contributed by atoms with Crippen LogP contribution < -0.4 is 5.73 Å². The van der Waals surface area contributed by atoms with E-state index in [-0.39, 0.29) is 0 Å². The molecule has 0 amide bonds. The molecule has 15 heteroatoms. The highest BCUT2D eigenvalue weighted by molar-refractivity contribution is 7.52. The van der Waals surface area contributed by atoms with Gasteiger partial charge in [0, 0.05) is 4.95 Å². The number of nitrogens with zero attached hydrogens (tertiary/aromatic N) is 1. The number of aliphatic hydroxyl groups excluding tert-OH is 2. The van der Waals surface area contributed by atoms with Crippen LogP contribution in [0.3, 0.4) is 0 Å². The summed E-state index contributed by atoms with van der Waals surface area (Å²) in [7, 11) is -7.89. The molecule has 0 spiro atoms. The summed E-state index contributed by atoms with van der Waals surface area (Å²) >= 11 is 0. The van der Waals surface area contributed by atoms with Crippen LogP contribution in [0.1, 0.15) is 6.92 Å². The Kier molecular flexibility index (Phi) is 11.4. The maximum absolute atomic E-state index is 11.8.